The van der Waals surface area contributed by atoms with E-state index in [2.05, 4.69) is 9.88 Å². The number of aromatic nitrogens is 2. The van der Waals surface area contributed by atoms with Gasteiger partial charge in [0.2, 0.25) is 5.91 Å². The molecule has 1 atom stereocenters. The number of hydrogen-bond donors (Lipinski definition) is 1. The number of benzene rings is 1. The van der Waals surface area contributed by atoms with E-state index in [0.29, 0.717) is 13.1 Å². The van der Waals surface area contributed by atoms with Gasteiger partial charge in [-0.1, -0.05) is 26.0 Å². The molecule has 2 aromatic rings. The van der Waals surface area contributed by atoms with Crippen molar-refractivity contribution in [3.05, 3.63) is 63.6 Å². The molecule has 32 heavy (non-hydrogen) atoms. The molecule has 7 heteroatoms. The van der Waals surface area contributed by atoms with E-state index in [-0.39, 0.29) is 35.0 Å². The van der Waals surface area contributed by atoms with E-state index in [4.69, 9.17) is 4.98 Å². The summed E-state index contributed by atoms with van der Waals surface area (Å²) in [6.45, 7) is 7.89. The lowest BCUT2D eigenvalue weighted by Gasteiger charge is -2.34. The van der Waals surface area contributed by atoms with Crippen LogP contribution in [0, 0.1) is 11.7 Å². The monoisotopic (exact) mass is 440 g/mol. The van der Waals surface area contributed by atoms with Crippen molar-refractivity contribution < 1.29 is 9.18 Å². The Kier molecular flexibility index (Phi) is 7.04. The quantitative estimate of drug-likeness (QED) is 0.771. The van der Waals surface area contributed by atoms with Crippen molar-refractivity contribution in [2.75, 3.05) is 26.2 Å². The Hall–Kier alpha value is -2.54. The third kappa shape index (κ3) is 5.44. The van der Waals surface area contributed by atoms with Gasteiger partial charge in [-0.25, -0.2) is 9.37 Å². The molecule has 0 aliphatic carbocycles. The minimum atomic E-state index is -0.218. The number of piperidine rings is 2. The van der Waals surface area contributed by atoms with E-state index < -0.39 is 0 Å². The zero-order valence-electron chi connectivity index (χ0n) is 19.0. The summed E-state index contributed by atoms with van der Waals surface area (Å²) in [6.07, 6.45) is 3.71. The van der Waals surface area contributed by atoms with Gasteiger partial charge in [0.1, 0.15) is 11.6 Å². The van der Waals surface area contributed by atoms with Crippen molar-refractivity contribution in [1.82, 2.24) is 19.8 Å². The first-order valence-electron chi connectivity index (χ1n) is 11.8. The second-order valence-corrected chi connectivity index (χ2v) is 9.51. The maximum absolute atomic E-state index is 13.2. The molecule has 2 aliphatic rings. The Morgan fingerprint density at radius 1 is 1.12 bits per heavy atom. The molecule has 0 saturated carbocycles. The van der Waals surface area contributed by atoms with Crippen LogP contribution in [-0.2, 0) is 11.3 Å². The maximum Gasteiger partial charge on any atom is 0.251 e. The number of halogens is 1. The third-order valence-electron chi connectivity index (χ3n) is 6.71. The molecule has 0 bridgehead atoms. The van der Waals surface area contributed by atoms with Gasteiger partial charge in [-0.15, -0.1) is 0 Å². The number of carbonyl (C=O) groups is 1. The summed E-state index contributed by atoms with van der Waals surface area (Å²) in [4.78, 5) is 36.9. The third-order valence-corrected chi connectivity index (χ3v) is 6.71. The van der Waals surface area contributed by atoms with Gasteiger partial charge in [-0.05, 0) is 49.9 Å². The van der Waals surface area contributed by atoms with Gasteiger partial charge < -0.3 is 9.88 Å². The number of carbonyl (C=O) groups excluding carboxylic acids is 1. The van der Waals surface area contributed by atoms with Crippen molar-refractivity contribution in [2.45, 2.75) is 57.9 Å². The van der Waals surface area contributed by atoms with Gasteiger partial charge in [-0.3, -0.25) is 14.5 Å². The molecule has 0 radical (unpaired) electrons. The summed E-state index contributed by atoms with van der Waals surface area (Å²) in [5.41, 5.74) is 1.86. The highest BCUT2D eigenvalue weighted by Gasteiger charge is 2.28. The molecule has 2 saturated heterocycles. The normalized spacial score (nSPS) is 20.6. The molecule has 172 valence electrons. The van der Waals surface area contributed by atoms with Crippen LogP contribution < -0.4 is 5.56 Å². The highest BCUT2D eigenvalue weighted by molar-refractivity contribution is 5.78. The minimum Gasteiger partial charge on any atom is -0.342 e. The molecule has 4 rings (SSSR count). The lowest BCUT2D eigenvalue weighted by atomic mass is 9.92. The number of likely N-dealkylation sites (tertiary alicyclic amines) is 2. The first-order chi connectivity index (χ1) is 15.4. The number of rotatable bonds is 5. The Balaban J connectivity index is 1.42. The van der Waals surface area contributed by atoms with E-state index in [1.165, 1.54) is 12.1 Å². The SMILES string of the molecule is CC(C)C(=O)N1CCC(c2nc([C@@H]3CCCN(Cc4ccc(F)cc4)C3)cc(=O)[nH]2)CC1. The Morgan fingerprint density at radius 2 is 1.84 bits per heavy atom. The summed E-state index contributed by atoms with van der Waals surface area (Å²) in [5, 5.41) is 0. The fourth-order valence-electron chi connectivity index (χ4n) is 4.93. The fourth-order valence-corrected chi connectivity index (χ4v) is 4.93. The zero-order chi connectivity index (χ0) is 22.7. The summed E-state index contributed by atoms with van der Waals surface area (Å²) < 4.78 is 13.2. The van der Waals surface area contributed by atoms with Crippen LogP contribution in [-0.4, -0.2) is 51.9 Å². The van der Waals surface area contributed by atoms with Crippen molar-refractivity contribution in [2.24, 2.45) is 5.92 Å². The molecule has 0 unspecified atom stereocenters. The minimum absolute atomic E-state index is 0.0111. The Morgan fingerprint density at radius 3 is 2.53 bits per heavy atom. The van der Waals surface area contributed by atoms with Gasteiger partial charge >= 0.3 is 0 Å². The van der Waals surface area contributed by atoms with Crippen LogP contribution in [0.5, 0.6) is 0 Å². The average Bonchev–Trinajstić information content (AvgIpc) is 2.80. The Bertz CT molecular complexity index is 980. The van der Waals surface area contributed by atoms with Crippen molar-refractivity contribution in [3.8, 4) is 0 Å². The molecule has 3 heterocycles. The van der Waals surface area contributed by atoms with E-state index in [1.807, 2.05) is 30.9 Å². The van der Waals surface area contributed by atoms with Crippen LogP contribution in [0.4, 0.5) is 4.39 Å². The van der Waals surface area contributed by atoms with Crippen molar-refractivity contribution in [1.29, 1.82) is 0 Å². The summed E-state index contributed by atoms with van der Waals surface area (Å²) in [7, 11) is 0. The Labute approximate surface area is 188 Å². The summed E-state index contributed by atoms with van der Waals surface area (Å²) in [6, 6.07) is 8.31. The molecule has 6 nitrogen and oxygen atoms in total. The molecule has 1 amide bonds. The maximum atomic E-state index is 13.2. The average molecular weight is 441 g/mol. The smallest absolute Gasteiger partial charge is 0.251 e. The summed E-state index contributed by atoms with van der Waals surface area (Å²) in [5.74, 6) is 1.15. The molecule has 1 N–H and O–H groups in total. The van der Waals surface area contributed by atoms with E-state index >= 15 is 0 Å². The lowest BCUT2D eigenvalue weighted by Crippen LogP contribution is -2.40. The predicted octanol–water partition coefficient (Wildman–Crippen LogP) is 3.65. The van der Waals surface area contributed by atoms with Gasteiger partial charge in [-0.2, -0.15) is 0 Å². The number of amides is 1. The molecule has 1 aromatic carbocycles. The predicted molar refractivity (Wildman–Crippen MR) is 122 cm³/mol. The van der Waals surface area contributed by atoms with E-state index in [1.54, 1.807) is 6.07 Å². The second kappa shape index (κ2) is 9.94. The largest absolute Gasteiger partial charge is 0.342 e. The zero-order valence-corrected chi connectivity index (χ0v) is 19.0. The number of nitrogens with zero attached hydrogens (tertiary/aromatic N) is 3. The van der Waals surface area contributed by atoms with Crippen LogP contribution in [0.15, 0.2) is 35.1 Å². The van der Waals surface area contributed by atoms with Gasteiger partial charge in [0, 0.05) is 50.0 Å². The molecular weight excluding hydrogens is 407 g/mol. The van der Waals surface area contributed by atoms with E-state index in [0.717, 1.165) is 62.4 Å². The second-order valence-electron chi connectivity index (χ2n) is 9.51. The van der Waals surface area contributed by atoms with Crippen LogP contribution >= 0.6 is 0 Å². The van der Waals surface area contributed by atoms with Gasteiger partial charge in [0.15, 0.2) is 0 Å². The lowest BCUT2D eigenvalue weighted by molar-refractivity contribution is -0.135. The number of H-pyrrole nitrogens is 1. The van der Waals surface area contributed by atoms with Crippen LogP contribution in [0.1, 0.15) is 68.4 Å². The number of nitrogens with one attached hydrogen (secondary N) is 1. The van der Waals surface area contributed by atoms with Gasteiger partial charge in [0.25, 0.3) is 5.56 Å². The standard InChI is InChI=1S/C25H33FN4O2/c1-17(2)25(32)30-12-9-19(10-13-30)24-27-22(14-23(31)28-24)20-4-3-11-29(16-20)15-18-5-7-21(26)8-6-18/h5-8,14,17,19-20H,3-4,9-13,15-16H2,1-2H3,(H,27,28,31)/t20-/m1/s1. The van der Waals surface area contributed by atoms with Crippen LogP contribution in [0.3, 0.4) is 0 Å². The van der Waals surface area contributed by atoms with Crippen LogP contribution in [0.25, 0.3) is 0 Å². The van der Waals surface area contributed by atoms with Gasteiger partial charge in [0.05, 0.1) is 5.69 Å². The fraction of sp³-hybridized carbons (Fsp3) is 0.560. The highest BCUT2D eigenvalue weighted by Crippen LogP contribution is 2.29. The number of hydrogen-bond acceptors (Lipinski definition) is 4. The molecule has 2 fully saturated rings. The first-order valence-corrected chi connectivity index (χ1v) is 11.8. The summed E-state index contributed by atoms with van der Waals surface area (Å²) >= 11 is 0. The highest BCUT2D eigenvalue weighted by atomic mass is 19.1. The molecule has 0 spiro atoms. The first kappa shape index (κ1) is 22.6. The molecule has 2 aliphatic heterocycles. The van der Waals surface area contributed by atoms with Crippen LogP contribution in [0.2, 0.25) is 0 Å². The van der Waals surface area contributed by atoms with E-state index in [9.17, 15) is 14.0 Å². The molecular formula is C25H33FN4O2. The van der Waals surface area contributed by atoms with Crippen molar-refractivity contribution >= 4 is 5.91 Å². The van der Waals surface area contributed by atoms with Crippen molar-refractivity contribution in [3.63, 3.8) is 0 Å². The molecule has 1 aromatic heterocycles. The number of aromatic amines is 1. The topological polar surface area (TPSA) is 69.3 Å².